The van der Waals surface area contributed by atoms with Gasteiger partial charge in [0, 0.05) is 5.88 Å². The second-order valence-electron chi connectivity index (χ2n) is 3.87. The molecule has 0 saturated carbocycles. The summed E-state index contributed by atoms with van der Waals surface area (Å²) in [5, 5.41) is 2.68. The van der Waals surface area contributed by atoms with E-state index in [1.165, 1.54) is 4.90 Å². The van der Waals surface area contributed by atoms with E-state index in [-0.39, 0.29) is 18.5 Å². The lowest BCUT2D eigenvalue weighted by Crippen LogP contribution is -2.43. The third-order valence-electron chi connectivity index (χ3n) is 2.73. The maximum Gasteiger partial charge on any atom is 0.325 e. The van der Waals surface area contributed by atoms with Crippen LogP contribution in [0.15, 0.2) is 0 Å². The monoisotopic (exact) mass is 248 g/mol. The summed E-state index contributed by atoms with van der Waals surface area (Å²) in [5.41, 5.74) is -0.760. The predicted octanol–water partition coefficient (Wildman–Crippen LogP) is 0.962. The van der Waals surface area contributed by atoms with E-state index in [4.69, 9.17) is 16.3 Å². The van der Waals surface area contributed by atoms with Crippen LogP contribution in [-0.2, 0) is 9.53 Å². The quantitative estimate of drug-likeness (QED) is 0.433. The Kier molecular flexibility index (Phi) is 4.56. The van der Waals surface area contributed by atoms with E-state index in [1.807, 2.05) is 6.92 Å². The molecule has 6 heteroatoms. The molecule has 1 atom stereocenters. The number of nitrogens with zero attached hydrogens (tertiary/aromatic N) is 1. The smallest absolute Gasteiger partial charge is 0.325 e. The fraction of sp³-hybridized carbons (Fsp3) is 0.800. The average Bonchev–Trinajstić information content (AvgIpc) is 2.48. The molecular formula is C10H17ClN2O3. The lowest BCUT2D eigenvalue weighted by Gasteiger charge is -2.19. The number of amides is 3. The number of rotatable bonds is 6. The van der Waals surface area contributed by atoms with Crippen LogP contribution in [0.3, 0.4) is 0 Å². The van der Waals surface area contributed by atoms with Crippen molar-refractivity contribution < 1.29 is 14.3 Å². The van der Waals surface area contributed by atoms with Crippen LogP contribution in [0.1, 0.15) is 20.3 Å². The number of nitrogens with one attached hydrogen (secondary N) is 1. The molecule has 1 heterocycles. The number of carbonyl (C=O) groups is 2. The Labute approximate surface area is 100 Å². The van der Waals surface area contributed by atoms with Gasteiger partial charge in [0.15, 0.2) is 0 Å². The SMILES string of the molecule is CCC1(C)NC(=O)N(CCOCCCl)C1=O. The molecule has 16 heavy (non-hydrogen) atoms. The van der Waals surface area contributed by atoms with Crippen LogP contribution < -0.4 is 5.32 Å². The molecule has 92 valence electrons. The summed E-state index contributed by atoms with van der Waals surface area (Å²) in [5.74, 6) is 0.224. The van der Waals surface area contributed by atoms with Gasteiger partial charge in [0.05, 0.1) is 19.8 Å². The van der Waals surface area contributed by atoms with Crippen LogP contribution in [0.5, 0.6) is 0 Å². The Morgan fingerprint density at radius 3 is 2.62 bits per heavy atom. The maximum atomic E-state index is 11.9. The van der Waals surface area contributed by atoms with Crippen LogP contribution in [0, 0.1) is 0 Å². The van der Waals surface area contributed by atoms with Crippen LogP contribution in [0.4, 0.5) is 4.79 Å². The summed E-state index contributed by atoms with van der Waals surface area (Å²) >= 11 is 5.44. The molecule has 1 rings (SSSR count). The second-order valence-corrected chi connectivity index (χ2v) is 4.25. The fourth-order valence-electron chi connectivity index (χ4n) is 1.50. The highest BCUT2D eigenvalue weighted by Gasteiger charge is 2.45. The minimum atomic E-state index is -0.760. The normalized spacial score (nSPS) is 25.1. The molecule has 0 bridgehead atoms. The Bertz CT molecular complexity index is 285. The minimum absolute atomic E-state index is 0.186. The molecule has 0 radical (unpaired) electrons. The third kappa shape index (κ3) is 2.65. The molecule has 1 aliphatic rings. The molecule has 1 unspecified atom stereocenters. The first-order chi connectivity index (χ1) is 7.55. The van der Waals surface area contributed by atoms with Gasteiger partial charge in [-0.15, -0.1) is 11.6 Å². The van der Waals surface area contributed by atoms with Crippen molar-refractivity contribution in [3.05, 3.63) is 0 Å². The van der Waals surface area contributed by atoms with Crippen molar-refractivity contribution in [3.8, 4) is 0 Å². The summed E-state index contributed by atoms with van der Waals surface area (Å²) in [6.45, 7) is 4.62. The van der Waals surface area contributed by atoms with Gasteiger partial charge in [-0.1, -0.05) is 6.92 Å². The van der Waals surface area contributed by atoms with Gasteiger partial charge in [0.25, 0.3) is 5.91 Å². The van der Waals surface area contributed by atoms with Crippen molar-refractivity contribution in [3.63, 3.8) is 0 Å². The number of imide groups is 1. The van der Waals surface area contributed by atoms with Crippen LogP contribution in [-0.4, -0.2) is 48.0 Å². The van der Waals surface area contributed by atoms with E-state index in [0.717, 1.165) is 0 Å². The molecule has 0 spiro atoms. The zero-order valence-corrected chi connectivity index (χ0v) is 10.3. The first-order valence-electron chi connectivity index (χ1n) is 5.33. The standard InChI is InChI=1S/C10H17ClN2O3/c1-3-10(2)8(14)13(9(15)12-10)5-7-16-6-4-11/h3-7H2,1-2H3,(H,12,15). The maximum absolute atomic E-state index is 11.9. The molecule has 0 aromatic rings. The number of carbonyl (C=O) groups excluding carboxylic acids is 2. The molecule has 1 fully saturated rings. The minimum Gasteiger partial charge on any atom is -0.378 e. The van der Waals surface area contributed by atoms with Crippen molar-refractivity contribution in [1.82, 2.24) is 10.2 Å². The first kappa shape index (κ1) is 13.3. The fourth-order valence-corrected chi connectivity index (χ4v) is 1.61. The van der Waals surface area contributed by atoms with Crippen molar-refractivity contribution in [2.24, 2.45) is 0 Å². The van der Waals surface area contributed by atoms with E-state index in [0.29, 0.717) is 25.5 Å². The zero-order valence-electron chi connectivity index (χ0n) is 9.59. The lowest BCUT2D eigenvalue weighted by molar-refractivity contribution is -0.131. The Hall–Kier alpha value is -0.810. The molecule has 5 nitrogen and oxygen atoms in total. The predicted molar refractivity (Wildman–Crippen MR) is 60.5 cm³/mol. The van der Waals surface area contributed by atoms with Gasteiger partial charge < -0.3 is 10.1 Å². The highest BCUT2D eigenvalue weighted by Crippen LogP contribution is 2.20. The molecule has 3 amide bonds. The molecule has 0 aromatic heterocycles. The first-order valence-corrected chi connectivity index (χ1v) is 5.86. The third-order valence-corrected chi connectivity index (χ3v) is 2.89. The summed E-state index contributed by atoms with van der Waals surface area (Å²) in [4.78, 5) is 24.6. The molecular weight excluding hydrogens is 232 g/mol. The number of hydrogen-bond donors (Lipinski definition) is 1. The molecule has 1 aliphatic heterocycles. The van der Waals surface area contributed by atoms with Gasteiger partial charge >= 0.3 is 6.03 Å². The number of ether oxygens (including phenoxy) is 1. The van der Waals surface area contributed by atoms with E-state index >= 15 is 0 Å². The second kappa shape index (κ2) is 5.50. The Morgan fingerprint density at radius 1 is 1.44 bits per heavy atom. The van der Waals surface area contributed by atoms with Gasteiger partial charge in [-0.2, -0.15) is 0 Å². The summed E-state index contributed by atoms with van der Waals surface area (Å²) in [7, 11) is 0. The van der Waals surface area contributed by atoms with Gasteiger partial charge in [-0.05, 0) is 13.3 Å². The molecule has 0 aromatic carbocycles. The van der Waals surface area contributed by atoms with Gasteiger partial charge in [-0.25, -0.2) is 4.79 Å². The van der Waals surface area contributed by atoms with Crippen LogP contribution in [0.2, 0.25) is 0 Å². The summed E-state index contributed by atoms with van der Waals surface area (Å²) in [6, 6.07) is -0.344. The number of halogens is 1. The van der Waals surface area contributed by atoms with Crippen molar-refractivity contribution in [1.29, 1.82) is 0 Å². The van der Waals surface area contributed by atoms with Gasteiger partial charge in [0.2, 0.25) is 0 Å². The van der Waals surface area contributed by atoms with Crippen molar-refractivity contribution in [2.45, 2.75) is 25.8 Å². The number of urea groups is 1. The molecule has 1 saturated heterocycles. The van der Waals surface area contributed by atoms with Gasteiger partial charge in [0.1, 0.15) is 5.54 Å². The number of alkyl halides is 1. The van der Waals surface area contributed by atoms with Crippen molar-refractivity contribution in [2.75, 3.05) is 25.6 Å². The van der Waals surface area contributed by atoms with Crippen molar-refractivity contribution >= 4 is 23.5 Å². The highest BCUT2D eigenvalue weighted by atomic mass is 35.5. The molecule has 1 N–H and O–H groups in total. The van der Waals surface area contributed by atoms with E-state index in [2.05, 4.69) is 5.32 Å². The Morgan fingerprint density at radius 2 is 2.12 bits per heavy atom. The van der Waals surface area contributed by atoms with Crippen LogP contribution in [0.25, 0.3) is 0 Å². The largest absolute Gasteiger partial charge is 0.378 e. The summed E-state index contributed by atoms with van der Waals surface area (Å²) in [6.07, 6.45) is 0.580. The lowest BCUT2D eigenvalue weighted by atomic mass is 9.99. The van der Waals surface area contributed by atoms with E-state index < -0.39 is 5.54 Å². The molecule has 0 aliphatic carbocycles. The van der Waals surface area contributed by atoms with Gasteiger partial charge in [-0.3, -0.25) is 9.69 Å². The Balaban J connectivity index is 2.48. The van der Waals surface area contributed by atoms with E-state index in [9.17, 15) is 9.59 Å². The summed E-state index contributed by atoms with van der Waals surface area (Å²) < 4.78 is 5.14. The average molecular weight is 249 g/mol. The topological polar surface area (TPSA) is 58.6 Å². The highest BCUT2D eigenvalue weighted by molar-refractivity contribution is 6.17. The van der Waals surface area contributed by atoms with E-state index in [1.54, 1.807) is 6.92 Å². The number of hydrogen-bond acceptors (Lipinski definition) is 3. The zero-order chi connectivity index (χ0) is 12.2. The van der Waals surface area contributed by atoms with Crippen LogP contribution >= 0.6 is 11.6 Å².